The summed E-state index contributed by atoms with van der Waals surface area (Å²) < 4.78 is 6.03. The van der Waals surface area contributed by atoms with E-state index in [-0.39, 0.29) is 11.3 Å². The van der Waals surface area contributed by atoms with Crippen molar-refractivity contribution in [2.75, 3.05) is 19.7 Å². The molecule has 25 heavy (non-hydrogen) atoms. The van der Waals surface area contributed by atoms with E-state index in [9.17, 15) is 4.79 Å². The van der Waals surface area contributed by atoms with Crippen molar-refractivity contribution in [2.45, 2.75) is 25.9 Å². The summed E-state index contributed by atoms with van der Waals surface area (Å²) in [5, 5.41) is 0. The Labute approximate surface area is 148 Å². The SMILES string of the molecule is O=C(c1cccnc1)N1C[C@H]2CCC[C@@]2(COCc2ccccn2)C1. The van der Waals surface area contributed by atoms with Gasteiger partial charge in [0.05, 0.1) is 24.5 Å². The second-order valence-corrected chi connectivity index (χ2v) is 7.19. The van der Waals surface area contributed by atoms with Crippen molar-refractivity contribution in [3.05, 3.63) is 60.2 Å². The number of likely N-dealkylation sites (tertiary alicyclic amines) is 1. The zero-order valence-electron chi connectivity index (χ0n) is 14.3. The molecule has 0 spiro atoms. The van der Waals surface area contributed by atoms with Gasteiger partial charge in [-0.25, -0.2) is 0 Å². The van der Waals surface area contributed by atoms with Gasteiger partial charge in [-0.05, 0) is 43.0 Å². The molecule has 4 rings (SSSR count). The van der Waals surface area contributed by atoms with Crippen molar-refractivity contribution in [3.63, 3.8) is 0 Å². The smallest absolute Gasteiger partial charge is 0.255 e. The first-order chi connectivity index (χ1) is 12.3. The molecule has 130 valence electrons. The van der Waals surface area contributed by atoms with Crippen molar-refractivity contribution >= 4 is 5.91 Å². The van der Waals surface area contributed by atoms with Crippen LogP contribution >= 0.6 is 0 Å². The van der Waals surface area contributed by atoms with Gasteiger partial charge in [0, 0.05) is 37.1 Å². The molecule has 2 aliphatic rings. The minimum absolute atomic E-state index is 0.0894. The maximum atomic E-state index is 12.8. The highest BCUT2D eigenvalue weighted by Crippen LogP contribution is 2.49. The quantitative estimate of drug-likeness (QED) is 0.842. The summed E-state index contributed by atoms with van der Waals surface area (Å²) in [6, 6.07) is 9.53. The monoisotopic (exact) mass is 337 g/mol. The Balaban J connectivity index is 1.41. The number of rotatable bonds is 5. The van der Waals surface area contributed by atoms with E-state index in [4.69, 9.17) is 4.74 Å². The van der Waals surface area contributed by atoms with Crippen LogP contribution in [-0.4, -0.2) is 40.5 Å². The highest BCUT2D eigenvalue weighted by molar-refractivity contribution is 5.94. The highest BCUT2D eigenvalue weighted by Gasteiger charge is 2.50. The molecule has 2 atom stereocenters. The molecule has 0 aromatic carbocycles. The molecule has 2 aromatic heterocycles. The molecular weight excluding hydrogens is 314 g/mol. The zero-order valence-corrected chi connectivity index (χ0v) is 14.3. The molecule has 1 aliphatic heterocycles. The summed E-state index contributed by atoms with van der Waals surface area (Å²) in [7, 11) is 0. The van der Waals surface area contributed by atoms with Gasteiger partial charge in [0.25, 0.3) is 5.91 Å². The molecule has 5 heteroatoms. The Kier molecular flexibility index (Phi) is 4.49. The molecule has 0 N–H and O–H groups in total. The Morgan fingerprint density at radius 1 is 1.28 bits per heavy atom. The summed E-state index contributed by atoms with van der Waals surface area (Å²) in [4.78, 5) is 23.1. The van der Waals surface area contributed by atoms with Gasteiger partial charge in [-0.2, -0.15) is 0 Å². The van der Waals surface area contributed by atoms with E-state index in [2.05, 4.69) is 9.97 Å². The Morgan fingerprint density at radius 3 is 3.04 bits per heavy atom. The predicted molar refractivity (Wildman–Crippen MR) is 93.8 cm³/mol. The molecule has 1 saturated heterocycles. The maximum Gasteiger partial charge on any atom is 0.255 e. The first-order valence-corrected chi connectivity index (χ1v) is 8.94. The molecule has 1 amide bonds. The van der Waals surface area contributed by atoms with Crippen LogP contribution in [0.5, 0.6) is 0 Å². The van der Waals surface area contributed by atoms with E-state index in [0.717, 1.165) is 25.2 Å². The fourth-order valence-electron chi connectivity index (χ4n) is 4.32. The van der Waals surface area contributed by atoms with Crippen LogP contribution in [0.1, 0.15) is 35.3 Å². The second kappa shape index (κ2) is 6.92. The molecule has 0 radical (unpaired) electrons. The Hall–Kier alpha value is -2.27. The van der Waals surface area contributed by atoms with Crippen LogP contribution in [0.3, 0.4) is 0 Å². The number of aromatic nitrogens is 2. The number of amides is 1. The molecule has 2 fully saturated rings. The summed E-state index contributed by atoms with van der Waals surface area (Å²) >= 11 is 0. The number of hydrogen-bond donors (Lipinski definition) is 0. The van der Waals surface area contributed by atoms with E-state index in [1.54, 1.807) is 18.6 Å². The van der Waals surface area contributed by atoms with Crippen molar-refractivity contribution in [2.24, 2.45) is 11.3 Å². The first-order valence-electron chi connectivity index (χ1n) is 8.94. The van der Waals surface area contributed by atoms with Gasteiger partial charge in [-0.1, -0.05) is 12.5 Å². The van der Waals surface area contributed by atoms with E-state index in [0.29, 0.717) is 24.7 Å². The van der Waals surface area contributed by atoms with Gasteiger partial charge < -0.3 is 9.64 Å². The lowest BCUT2D eigenvalue weighted by Gasteiger charge is -2.28. The van der Waals surface area contributed by atoms with E-state index in [1.165, 1.54) is 12.8 Å². The third kappa shape index (κ3) is 3.29. The second-order valence-electron chi connectivity index (χ2n) is 7.19. The fourth-order valence-corrected chi connectivity index (χ4v) is 4.32. The number of nitrogens with zero attached hydrogens (tertiary/aromatic N) is 3. The van der Waals surface area contributed by atoms with Crippen molar-refractivity contribution < 1.29 is 9.53 Å². The molecule has 3 heterocycles. The topological polar surface area (TPSA) is 55.3 Å². The predicted octanol–water partition coefficient (Wildman–Crippen LogP) is 2.94. The molecular formula is C20H23N3O2. The standard InChI is InChI=1S/C20H23N3O2/c24-19(16-5-4-9-21-11-16)23-12-17-6-3-8-20(17,14-23)15-25-13-18-7-1-2-10-22-18/h1-2,4-5,7,9-11,17H,3,6,8,12-15H2/t17-,20+/m1/s1. The van der Waals surface area contributed by atoms with Crippen molar-refractivity contribution in [3.8, 4) is 0 Å². The molecule has 1 saturated carbocycles. The fraction of sp³-hybridized carbons (Fsp3) is 0.450. The van der Waals surface area contributed by atoms with E-state index in [1.807, 2.05) is 35.2 Å². The number of carbonyl (C=O) groups excluding carboxylic acids is 1. The van der Waals surface area contributed by atoms with Gasteiger partial charge in [0.1, 0.15) is 0 Å². The Bertz CT molecular complexity index is 722. The number of hydrogen-bond acceptors (Lipinski definition) is 4. The lowest BCUT2D eigenvalue weighted by molar-refractivity contribution is 0.0252. The number of pyridine rings is 2. The van der Waals surface area contributed by atoms with Crippen LogP contribution in [0.2, 0.25) is 0 Å². The van der Waals surface area contributed by atoms with Gasteiger partial charge >= 0.3 is 0 Å². The first kappa shape index (κ1) is 16.2. The van der Waals surface area contributed by atoms with Crippen molar-refractivity contribution in [1.82, 2.24) is 14.9 Å². The van der Waals surface area contributed by atoms with Crippen LogP contribution in [0.15, 0.2) is 48.9 Å². The van der Waals surface area contributed by atoms with Gasteiger partial charge in [0.2, 0.25) is 0 Å². The van der Waals surface area contributed by atoms with Crippen LogP contribution < -0.4 is 0 Å². The largest absolute Gasteiger partial charge is 0.375 e. The van der Waals surface area contributed by atoms with Crippen LogP contribution in [0, 0.1) is 11.3 Å². The lowest BCUT2D eigenvalue weighted by atomic mass is 9.81. The third-order valence-corrected chi connectivity index (χ3v) is 5.60. The Morgan fingerprint density at radius 2 is 2.24 bits per heavy atom. The number of fused-ring (bicyclic) bond motifs is 1. The van der Waals surface area contributed by atoms with E-state index < -0.39 is 0 Å². The van der Waals surface area contributed by atoms with E-state index >= 15 is 0 Å². The number of ether oxygens (including phenoxy) is 1. The molecule has 2 aromatic rings. The maximum absolute atomic E-state index is 12.8. The highest BCUT2D eigenvalue weighted by atomic mass is 16.5. The average molecular weight is 337 g/mol. The zero-order chi connectivity index (χ0) is 17.1. The lowest BCUT2D eigenvalue weighted by Crippen LogP contribution is -2.34. The third-order valence-electron chi connectivity index (χ3n) is 5.60. The van der Waals surface area contributed by atoms with Crippen LogP contribution in [0.4, 0.5) is 0 Å². The summed E-state index contributed by atoms with van der Waals surface area (Å²) in [5.41, 5.74) is 1.73. The molecule has 5 nitrogen and oxygen atoms in total. The van der Waals surface area contributed by atoms with Gasteiger partial charge in [-0.3, -0.25) is 14.8 Å². The summed E-state index contributed by atoms with van der Waals surface area (Å²) in [6.07, 6.45) is 8.69. The minimum atomic E-state index is 0.0894. The van der Waals surface area contributed by atoms with Gasteiger partial charge in [-0.15, -0.1) is 0 Å². The summed E-state index contributed by atoms with van der Waals surface area (Å²) in [5.74, 6) is 0.628. The van der Waals surface area contributed by atoms with Crippen molar-refractivity contribution in [1.29, 1.82) is 0 Å². The molecule has 0 bridgehead atoms. The van der Waals surface area contributed by atoms with Crippen LogP contribution in [0.25, 0.3) is 0 Å². The van der Waals surface area contributed by atoms with Crippen LogP contribution in [-0.2, 0) is 11.3 Å². The molecule has 1 aliphatic carbocycles. The van der Waals surface area contributed by atoms with Gasteiger partial charge in [0.15, 0.2) is 0 Å². The number of carbonyl (C=O) groups is 1. The normalized spacial score (nSPS) is 25.1. The molecule has 0 unspecified atom stereocenters. The summed E-state index contributed by atoms with van der Waals surface area (Å²) in [6.45, 7) is 2.85. The average Bonchev–Trinajstić information content (AvgIpc) is 3.20. The minimum Gasteiger partial charge on any atom is -0.375 e.